The summed E-state index contributed by atoms with van der Waals surface area (Å²) in [5.41, 5.74) is 8.70. The molecule has 1 unspecified atom stereocenters. The van der Waals surface area contributed by atoms with E-state index in [0.717, 1.165) is 22.9 Å². The highest BCUT2D eigenvalue weighted by molar-refractivity contribution is 6.37. The van der Waals surface area contributed by atoms with Crippen molar-refractivity contribution in [3.63, 3.8) is 0 Å². The third kappa shape index (κ3) is 4.80. The third-order valence-corrected chi connectivity index (χ3v) is 5.70. The minimum Gasteiger partial charge on any atom is -0.486 e. The van der Waals surface area contributed by atoms with E-state index in [0.29, 0.717) is 22.6 Å². The molecular weight excluding hydrogens is 453 g/mol. The molecule has 0 aliphatic heterocycles. The van der Waals surface area contributed by atoms with Gasteiger partial charge in [-0.15, -0.1) is 0 Å². The summed E-state index contributed by atoms with van der Waals surface area (Å²) in [7, 11) is 0. The van der Waals surface area contributed by atoms with Gasteiger partial charge in [0.2, 0.25) is 5.89 Å². The fraction of sp³-hybridized carbons (Fsp3) is 0.261. The summed E-state index contributed by atoms with van der Waals surface area (Å²) in [5, 5.41) is 10.4. The Balaban J connectivity index is 1.61. The monoisotopic (exact) mass is 473 g/mol. The minimum atomic E-state index is -1.09. The van der Waals surface area contributed by atoms with Gasteiger partial charge in [-0.2, -0.15) is 0 Å². The lowest BCUT2D eigenvalue weighted by Gasteiger charge is -2.16. The van der Waals surface area contributed by atoms with Crippen LogP contribution in [-0.4, -0.2) is 33.7 Å². The van der Waals surface area contributed by atoms with E-state index < -0.39 is 12.0 Å². The normalized spacial score (nSPS) is 16.2. The van der Waals surface area contributed by atoms with Crippen LogP contribution in [0.4, 0.5) is 0 Å². The highest BCUT2D eigenvalue weighted by atomic mass is 35.5. The molecule has 3 aromatic rings. The van der Waals surface area contributed by atoms with Crippen LogP contribution >= 0.6 is 23.2 Å². The summed E-state index contributed by atoms with van der Waals surface area (Å²) in [6.07, 6.45) is 6.32. The van der Waals surface area contributed by atoms with Gasteiger partial charge in [0, 0.05) is 23.5 Å². The van der Waals surface area contributed by atoms with Gasteiger partial charge >= 0.3 is 5.97 Å². The van der Waals surface area contributed by atoms with Gasteiger partial charge in [0.1, 0.15) is 18.0 Å². The first-order valence-corrected chi connectivity index (χ1v) is 10.8. The average Bonchev–Trinajstić information content (AvgIpc) is 3.17. The molecule has 7 nitrogen and oxygen atoms in total. The number of fused-ring (bicyclic) bond motifs is 1. The van der Waals surface area contributed by atoms with Gasteiger partial charge in [-0.25, -0.2) is 4.98 Å². The standard InChI is InChI=1S/C23H21Cl2N3O4/c1-12-6-15(20-19(7-12)28-22(32-20)14-2-4-27-5-3-14)11-31-21-16(24)8-13(9-17(21)25)10-18(26)23(29)30/h2-5,7-9,12,18H,6,10-11,26H2,1H3,(H,29,30)/t12?,18-/m0/s1. The van der Waals surface area contributed by atoms with Crippen LogP contribution in [0.1, 0.15) is 18.9 Å². The number of nitrogens with zero attached hydrogens (tertiary/aromatic N) is 2. The number of pyridine rings is 1. The maximum absolute atomic E-state index is 11.0. The zero-order valence-corrected chi connectivity index (χ0v) is 18.7. The molecule has 0 saturated carbocycles. The Morgan fingerprint density at radius 2 is 2.00 bits per heavy atom. The van der Waals surface area contributed by atoms with Crippen LogP contribution in [-0.2, 0) is 11.2 Å². The number of aromatic nitrogens is 2. The number of hydrogen-bond acceptors (Lipinski definition) is 6. The summed E-state index contributed by atoms with van der Waals surface area (Å²) in [4.78, 5) is 19.7. The molecule has 0 saturated heterocycles. The summed E-state index contributed by atoms with van der Waals surface area (Å²) >= 11 is 12.7. The van der Waals surface area contributed by atoms with Crippen LogP contribution in [0, 0.1) is 5.92 Å². The summed E-state index contributed by atoms with van der Waals surface area (Å²) < 4.78 is 12.0. The summed E-state index contributed by atoms with van der Waals surface area (Å²) in [5.74, 6) is 0.0232. The van der Waals surface area contributed by atoms with E-state index in [1.807, 2.05) is 12.1 Å². The van der Waals surface area contributed by atoms with Crippen molar-refractivity contribution in [1.29, 1.82) is 0 Å². The largest absolute Gasteiger partial charge is 0.486 e. The van der Waals surface area contributed by atoms with Crippen LogP contribution in [0.5, 0.6) is 5.75 Å². The molecule has 1 aromatic carbocycles. The van der Waals surface area contributed by atoms with Crippen molar-refractivity contribution < 1.29 is 19.1 Å². The molecule has 0 amide bonds. The highest BCUT2D eigenvalue weighted by Crippen LogP contribution is 2.35. The van der Waals surface area contributed by atoms with E-state index in [2.05, 4.69) is 23.0 Å². The van der Waals surface area contributed by atoms with E-state index in [9.17, 15) is 4.79 Å². The smallest absolute Gasteiger partial charge is 0.320 e. The number of aliphatic carboxylic acids is 1. The molecule has 0 bridgehead atoms. The van der Waals surface area contributed by atoms with Crippen molar-refractivity contribution >= 4 is 40.8 Å². The third-order valence-electron chi connectivity index (χ3n) is 5.13. The molecule has 0 radical (unpaired) electrons. The first-order chi connectivity index (χ1) is 15.3. The quantitative estimate of drug-likeness (QED) is 0.542. The fourth-order valence-corrected chi connectivity index (χ4v) is 4.26. The van der Waals surface area contributed by atoms with Crippen LogP contribution < -0.4 is 21.2 Å². The van der Waals surface area contributed by atoms with E-state index >= 15 is 0 Å². The zero-order chi connectivity index (χ0) is 22.8. The van der Waals surface area contributed by atoms with Gasteiger partial charge in [0.05, 0.1) is 10.0 Å². The predicted octanol–water partition coefficient (Wildman–Crippen LogP) is 3.05. The Kier molecular flexibility index (Phi) is 6.50. The van der Waals surface area contributed by atoms with Crippen molar-refractivity contribution in [2.45, 2.75) is 25.8 Å². The molecule has 1 aliphatic carbocycles. The van der Waals surface area contributed by atoms with Gasteiger partial charge in [-0.05, 0) is 48.6 Å². The van der Waals surface area contributed by atoms with Crippen molar-refractivity contribution in [3.05, 3.63) is 63.0 Å². The predicted molar refractivity (Wildman–Crippen MR) is 122 cm³/mol. The number of ether oxygens (including phenoxy) is 1. The summed E-state index contributed by atoms with van der Waals surface area (Å²) in [6, 6.07) is 5.88. The number of carboxylic acid groups (broad SMARTS) is 1. The Hall–Kier alpha value is -2.87. The van der Waals surface area contributed by atoms with E-state index in [-0.39, 0.29) is 29.0 Å². The van der Waals surface area contributed by atoms with Gasteiger partial charge in [-0.3, -0.25) is 9.78 Å². The molecule has 2 heterocycles. The fourth-order valence-electron chi connectivity index (χ4n) is 3.62. The van der Waals surface area contributed by atoms with Crippen LogP contribution in [0.25, 0.3) is 23.1 Å². The van der Waals surface area contributed by atoms with Crippen molar-refractivity contribution in [2.24, 2.45) is 11.7 Å². The number of carboxylic acids is 1. The number of benzene rings is 1. The number of nitrogens with two attached hydrogens (primary N) is 1. The van der Waals surface area contributed by atoms with Crippen molar-refractivity contribution in [1.82, 2.24) is 9.97 Å². The van der Waals surface area contributed by atoms with Crippen LogP contribution in [0.2, 0.25) is 10.0 Å². The van der Waals surface area contributed by atoms with Crippen LogP contribution in [0.3, 0.4) is 0 Å². The molecule has 32 heavy (non-hydrogen) atoms. The van der Waals surface area contributed by atoms with E-state index in [1.54, 1.807) is 24.5 Å². The number of halogens is 2. The van der Waals surface area contributed by atoms with Crippen molar-refractivity contribution in [2.75, 3.05) is 6.61 Å². The molecule has 1 aliphatic rings. The maximum Gasteiger partial charge on any atom is 0.320 e. The first-order valence-electron chi connectivity index (χ1n) is 10.0. The Morgan fingerprint density at radius 3 is 2.66 bits per heavy atom. The molecule has 166 valence electrons. The van der Waals surface area contributed by atoms with E-state index in [4.69, 9.17) is 43.2 Å². The molecule has 0 fully saturated rings. The molecule has 2 aromatic heterocycles. The Labute approximate surface area is 194 Å². The minimum absolute atomic E-state index is 0.110. The number of oxazole rings is 1. The average molecular weight is 474 g/mol. The zero-order valence-electron chi connectivity index (χ0n) is 17.2. The topological polar surface area (TPSA) is 111 Å². The number of carbonyl (C=O) groups is 1. The van der Waals surface area contributed by atoms with Gasteiger partial charge < -0.3 is 20.0 Å². The first kappa shape index (κ1) is 22.3. The van der Waals surface area contributed by atoms with Gasteiger partial charge in [0.25, 0.3) is 0 Å². The lowest BCUT2D eigenvalue weighted by atomic mass is 9.97. The second-order valence-electron chi connectivity index (χ2n) is 7.75. The Bertz CT molecular complexity index is 1250. The summed E-state index contributed by atoms with van der Waals surface area (Å²) in [6.45, 7) is 2.33. The van der Waals surface area contributed by atoms with Gasteiger partial charge in [-0.1, -0.05) is 36.2 Å². The molecule has 9 heteroatoms. The maximum atomic E-state index is 11.0. The number of hydrogen-bond donors (Lipinski definition) is 2. The Morgan fingerprint density at radius 1 is 1.31 bits per heavy atom. The molecule has 3 N–H and O–H groups in total. The van der Waals surface area contributed by atoms with Gasteiger partial charge in [0.15, 0.2) is 11.2 Å². The second-order valence-corrected chi connectivity index (χ2v) is 8.56. The van der Waals surface area contributed by atoms with Crippen LogP contribution in [0.15, 0.2) is 41.1 Å². The second kappa shape index (κ2) is 9.32. The lowest BCUT2D eigenvalue weighted by molar-refractivity contribution is -0.138. The SMILES string of the molecule is CC1C=c2nc(-c3ccncc3)oc2=C(COc2c(Cl)cc(C[C@H](N)C(=O)O)cc2Cl)C1. The molecular formula is C23H21Cl2N3O4. The number of rotatable bonds is 7. The molecule has 2 atom stereocenters. The van der Waals surface area contributed by atoms with E-state index in [1.165, 1.54) is 0 Å². The highest BCUT2D eigenvalue weighted by Gasteiger charge is 2.19. The van der Waals surface area contributed by atoms with Crippen molar-refractivity contribution in [3.8, 4) is 17.2 Å². The molecule has 0 spiro atoms. The lowest BCUT2D eigenvalue weighted by Crippen LogP contribution is -2.32. The molecule has 4 rings (SSSR count).